The summed E-state index contributed by atoms with van der Waals surface area (Å²) < 4.78 is 0. The molecule has 0 radical (unpaired) electrons. The van der Waals surface area contributed by atoms with Crippen molar-refractivity contribution in [3.63, 3.8) is 0 Å². The van der Waals surface area contributed by atoms with E-state index in [0.29, 0.717) is 25.6 Å². The third-order valence-corrected chi connectivity index (χ3v) is 4.85. The van der Waals surface area contributed by atoms with Crippen molar-refractivity contribution in [2.75, 3.05) is 30.4 Å². The molecule has 0 unspecified atom stereocenters. The minimum absolute atomic E-state index is 0.121. The molecule has 5 nitrogen and oxygen atoms in total. The van der Waals surface area contributed by atoms with Crippen molar-refractivity contribution in [2.24, 2.45) is 0 Å². The highest BCUT2D eigenvalue weighted by Crippen LogP contribution is 2.32. The molecular formula is C17H25N3O2. The van der Waals surface area contributed by atoms with Crippen LogP contribution in [0.5, 0.6) is 0 Å². The minimum atomic E-state index is -0.387. The van der Waals surface area contributed by atoms with Crippen molar-refractivity contribution in [1.29, 1.82) is 0 Å². The normalized spacial score (nSPS) is 22.1. The van der Waals surface area contributed by atoms with Crippen LogP contribution in [0.2, 0.25) is 0 Å². The molecule has 0 aromatic heterocycles. The average molecular weight is 303 g/mol. The number of hydrogen-bond acceptors (Lipinski definition) is 3. The number of likely N-dealkylation sites (tertiary alicyclic amines) is 1. The molecule has 0 spiro atoms. The Morgan fingerprint density at radius 3 is 2.68 bits per heavy atom. The van der Waals surface area contributed by atoms with Gasteiger partial charge in [0.1, 0.15) is 0 Å². The molecule has 1 aliphatic carbocycles. The first kappa shape index (κ1) is 15.2. The van der Waals surface area contributed by atoms with Crippen LogP contribution in [0.25, 0.3) is 0 Å². The fraction of sp³-hybridized carbons (Fsp3) is 0.588. The van der Waals surface area contributed by atoms with Crippen molar-refractivity contribution in [2.45, 2.75) is 44.2 Å². The Labute approximate surface area is 131 Å². The van der Waals surface area contributed by atoms with Crippen molar-refractivity contribution in [3.8, 4) is 0 Å². The lowest BCUT2D eigenvalue weighted by atomic mass is 10.1. The number of nitrogens with zero attached hydrogens (tertiary/aromatic N) is 2. The second-order valence-corrected chi connectivity index (χ2v) is 6.39. The number of benzene rings is 1. The number of β-amino-alcohol motifs (C(OH)–C–C–N with tert-alkyl or cyclic N) is 1. The zero-order valence-electron chi connectivity index (χ0n) is 13.2. The van der Waals surface area contributed by atoms with Gasteiger partial charge in [0.05, 0.1) is 17.5 Å². The van der Waals surface area contributed by atoms with Gasteiger partial charge in [0, 0.05) is 26.2 Å². The molecule has 120 valence electrons. The maximum atomic E-state index is 12.3. The van der Waals surface area contributed by atoms with E-state index >= 15 is 0 Å². The summed E-state index contributed by atoms with van der Waals surface area (Å²) in [5.41, 5.74) is 1.92. The Kier molecular flexibility index (Phi) is 4.52. The lowest BCUT2D eigenvalue weighted by Gasteiger charge is -2.29. The fourth-order valence-electron chi connectivity index (χ4n) is 3.50. The number of nitrogens with one attached hydrogen (secondary N) is 1. The van der Waals surface area contributed by atoms with E-state index in [2.05, 4.69) is 23.3 Å². The second-order valence-electron chi connectivity index (χ2n) is 6.39. The van der Waals surface area contributed by atoms with Crippen LogP contribution in [0.4, 0.5) is 16.2 Å². The minimum Gasteiger partial charge on any atom is -0.391 e. The maximum Gasteiger partial charge on any atom is 0.321 e. The van der Waals surface area contributed by atoms with Crippen LogP contribution in [0.1, 0.15) is 32.1 Å². The Bertz CT molecular complexity index is 528. The van der Waals surface area contributed by atoms with Gasteiger partial charge in [0.2, 0.25) is 0 Å². The first-order valence-corrected chi connectivity index (χ1v) is 8.21. The highest BCUT2D eigenvalue weighted by Gasteiger charge is 2.26. The lowest BCUT2D eigenvalue weighted by Crippen LogP contribution is -2.35. The molecule has 22 heavy (non-hydrogen) atoms. The molecule has 5 heteroatoms. The van der Waals surface area contributed by atoms with Gasteiger partial charge < -0.3 is 20.2 Å². The third-order valence-electron chi connectivity index (χ3n) is 4.85. The predicted octanol–water partition coefficient (Wildman–Crippen LogP) is 2.66. The summed E-state index contributed by atoms with van der Waals surface area (Å²) >= 11 is 0. The van der Waals surface area contributed by atoms with E-state index in [0.717, 1.165) is 11.4 Å². The van der Waals surface area contributed by atoms with Gasteiger partial charge in [-0.15, -0.1) is 0 Å². The van der Waals surface area contributed by atoms with Crippen LogP contribution in [0.3, 0.4) is 0 Å². The zero-order chi connectivity index (χ0) is 15.5. The number of para-hydroxylation sites is 2. The number of urea groups is 1. The van der Waals surface area contributed by atoms with E-state index < -0.39 is 0 Å². The van der Waals surface area contributed by atoms with E-state index in [4.69, 9.17) is 0 Å². The SMILES string of the molecule is CN(c1ccccc1NC(=O)N1CC[C@H](O)C1)C1CCCC1. The van der Waals surface area contributed by atoms with E-state index in [1.54, 1.807) is 4.90 Å². The number of aliphatic hydroxyl groups is 1. The molecule has 2 N–H and O–H groups in total. The van der Waals surface area contributed by atoms with Crippen molar-refractivity contribution in [3.05, 3.63) is 24.3 Å². The van der Waals surface area contributed by atoms with E-state index in [-0.39, 0.29) is 12.1 Å². The summed E-state index contributed by atoms with van der Waals surface area (Å²) in [7, 11) is 2.11. The zero-order valence-corrected chi connectivity index (χ0v) is 13.2. The average Bonchev–Trinajstić information content (AvgIpc) is 3.18. The Hall–Kier alpha value is -1.75. The molecule has 2 amide bonds. The Morgan fingerprint density at radius 1 is 1.27 bits per heavy atom. The van der Waals surface area contributed by atoms with Crippen molar-refractivity contribution in [1.82, 2.24) is 4.90 Å². The van der Waals surface area contributed by atoms with Gasteiger partial charge in [-0.3, -0.25) is 0 Å². The summed E-state index contributed by atoms with van der Waals surface area (Å²) in [6.07, 6.45) is 5.29. The molecule has 1 saturated heterocycles. The quantitative estimate of drug-likeness (QED) is 0.902. The van der Waals surface area contributed by atoms with Gasteiger partial charge in [-0.05, 0) is 31.4 Å². The number of carbonyl (C=O) groups excluding carboxylic acids is 1. The second kappa shape index (κ2) is 6.57. The molecular weight excluding hydrogens is 278 g/mol. The molecule has 1 aromatic rings. The summed E-state index contributed by atoms with van der Waals surface area (Å²) in [5, 5.41) is 12.6. The highest BCUT2D eigenvalue weighted by molar-refractivity contribution is 5.93. The smallest absolute Gasteiger partial charge is 0.321 e. The molecule has 2 aliphatic rings. The molecule has 1 atom stereocenters. The summed E-state index contributed by atoms with van der Waals surface area (Å²) in [5.74, 6) is 0. The summed E-state index contributed by atoms with van der Waals surface area (Å²) in [6, 6.07) is 8.41. The molecule has 1 heterocycles. The first-order chi connectivity index (χ1) is 10.6. The van der Waals surface area contributed by atoms with Crippen LogP contribution >= 0.6 is 0 Å². The molecule has 0 bridgehead atoms. The molecule has 1 aromatic carbocycles. The number of hydrogen-bond donors (Lipinski definition) is 2. The Morgan fingerprint density at radius 2 is 2.00 bits per heavy atom. The van der Waals surface area contributed by atoms with Gasteiger partial charge in [-0.25, -0.2) is 4.79 Å². The topological polar surface area (TPSA) is 55.8 Å². The number of rotatable bonds is 3. The maximum absolute atomic E-state index is 12.3. The van der Waals surface area contributed by atoms with Gasteiger partial charge in [-0.2, -0.15) is 0 Å². The number of anilines is 2. The van der Waals surface area contributed by atoms with Gasteiger partial charge in [-0.1, -0.05) is 25.0 Å². The number of carbonyl (C=O) groups is 1. The van der Waals surface area contributed by atoms with Crippen LogP contribution in [-0.2, 0) is 0 Å². The van der Waals surface area contributed by atoms with E-state index in [1.807, 2.05) is 18.2 Å². The number of amides is 2. The molecule has 1 aliphatic heterocycles. The molecule has 3 rings (SSSR count). The van der Waals surface area contributed by atoms with Crippen LogP contribution in [0.15, 0.2) is 24.3 Å². The van der Waals surface area contributed by atoms with Gasteiger partial charge >= 0.3 is 6.03 Å². The van der Waals surface area contributed by atoms with E-state index in [9.17, 15) is 9.90 Å². The van der Waals surface area contributed by atoms with Crippen molar-refractivity contribution >= 4 is 17.4 Å². The van der Waals surface area contributed by atoms with E-state index in [1.165, 1.54) is 25.7 Å². The Balaban J connectivity index is 1.72. The highest BCUT2D eigenvalue weighted by atomic mass is 16.3. The summed E-state index contributed by atoms with van der Waals surface area (Å²) in [4.78, 5) is 16.3. The monoisotopic (exact) mass is 303 g/mol. The predicted molar refractivity (Wildman–Crippen MR) is 88.3 cm³/mol. The largest absolute Gasteiger partial charge is 0.391 e. The number of aliphatic hydroxyl groups excluding tert-OH is 1. The third kappa shape index (κ3) is 3.19. The standard InChI is InChI=1S/C17H25N3O2/c1-19(13-6-2-3-7-13)16-9-5-4-8-15(16)18-17(22)20-11-10-14(21)12-20/h4-5,8-9,13-14,21H,2-3,6-7,10-12H2,1H3,(H,18,22)/t14-/m0/s1. The van der Waals surface area contributed by atoms with Crippen LogP contribution in [-0.4, -0.2) is 48.3 Å². The fourth-order valence-corrected chi connectivity index (χ4v) is 3.50. The van der Waals surface area contributed by atoms with Gasteiger partial charge in [0.15, 0.2) is 0 Å². The van der Waals surface area contributed by atoms with Gasteiger partial charge in [0.25, 0.3) is 0 Å². The van der Waals surface area contributed by atoms with Crippen molar-refractivity contribution < 1.29 is 9.90 Å². The lowest BCUT2D eigenvalue weighted by molar-refractivity contribution is 0.176. The summed E-state index contributed by atoms with van der Waals surface area (Å²) in [6.45, 7) is 1.04. The molecule has 2 fully saturated rings. The first-order valence-electron chi connectivity index (χ1n) is 8.21. The van der Waals surface area contributed by atoms with Crippen LogP contribution in [0, 0.1) is 0 Å². The molecule has 1 saturated carbocycles. The van der Waals surface area contributed by atoms with Crippen LogP contribution < -0.4 is 10.2 Å².